The van der Waals surface area contributed by atoms with Crippen LogP contribution in [0.15, 0.2) is 18.2 Å². The van der Waals surface area contributed by atoms with Gasteiger partial charge in [-0.2, -0.15) is 8.78 Å². The number of benzene rings is 1. The van der Waals surface area contributed by atoms with Crippen LogP contribution in [0.5, 0.6) is 5.75 Å². The van der Waals surface area contributed by atoms with E-state index in [1.165, 1.54) is 12.1 Å². The molecular weight excluding hydrogens is 290 g/mol. The number of carbonyl (C=O) groups excluding carboxylic acids is 1. The van der Waals surface area contributed by atoms with E-state index in [0.29, 0.717) is 30.1 Å². The maximum atomic E-state index is 12.3. The molecule has 7 heteroatoms. The molecule has 0 radical (unpaired) electrons. The second-order valence-corrected chi connectivity index (χ2v) is 5.00. The van der Waals surface area contributed by atoms with Crippen molar-refractivity contribution in [2.75, 3.05) is 6.54 Å². The Bertz CT molecular complexity index is 485. The van der Waals surface area contributed by atoms with Gasteiger partial charge in [-0.05, 0) is 24.6 Å². The predicted molar refractivity (Wildman–Crippen MR) is 71.0 cm³/mol. The first-order valence-corrected chi connectivity index (χ1v) is 6.65. The number of nitrogens with one attached hydrogen (secondary N) is 2. The van der Waals surface area contributed by atoms with E-state index >= 15 is 0 Å². The molecule has 1 aliphatic heterocycles. The number of rotatable bonds is 6. The summed E-state index contributed by atoms with van der Waals surface area (Å²) in [6.07, 6.45) is 1.31. The lowest BCUT2D eigenvalue weighted by Crippen LogP contribution is -2.35. The van der Waals surface area contributed by atoms with Gasteiger partial charge in [0.05, 0.1) is 0 Å². The fourth-order valence-corrected chi connectivity index (χ4v) is 2.30. The molecule has 1 atom stereocenters. The molecule has 0 aromatic heterocycles. The molecule has 4 nitrogen and oxygen atoms in total. The van der Waals surface area contributed by atoms with E-state index < -0.39 is 6.61 Å². The summed E-state index contributed by atoms with van der Waals surface area (Å²) in [6, 6.07) is 4.59. The van der Waals surface area contributed by atoms with Crippen LogP contribution >= 0.6 is 11.6 Å². The van der Waals surface area contributed by atoms with Gasteiger partial charge < -0.3 is 15.4 Å². The van der Waals surface area contributed by atoms with Crippen molar-refractivity contribution in [1.82, 2.24) is 10.6 Å². The summed E-state index contributed by atoms with van der Waals surface area (Å²) in [4.78, 5) is 11.0. The van der Waals surface area contributed by atoms with E-state index in [4.69, 9.17) is 11.6 Å². The Kier molecular flexibility index (Phi) is 5.14. The third-order valence-electron chi connectivity index (χ3n) is 3.03. The molecule has 0 spiro atoms. The first-order chi connectivity index (χ1) is 9.54. The van der Waals surface area contributed by atoms with Gasteiger partial charge >= 0.3 is 6.61 Å². The Hall–Kier alpha value is -1.40. The summed E-state index contributed by atoms with van der Waals surface area (Å²) in [6.45, 7) is -1.95. The number of hydrogen-bond acceptors (Lipinski definition) is 3. The molecule has 20 heavy (non-hydrogen) atoms. The van der Waals surface area contributed by atoms with Crippen LogP contribution < -0.4 is 15.4 Å². The third kappa shape index (κ3) is 4.31. The van der Waals surface area contributed by atoms with Gasteiger partial charge in [-0.3, -0.25) is 4.79 Å². The Morgan fingerprint density at radius 1 is 1.50 bits per heavy atom. The van der Waals surface area contributed by atoms with Crippen LogP contribution in [0, 0.1) is 0 Å². The second kappa shape index (κ2) is 6.85. The SMILES string of the molecule is O=C1CCC(CNCc2cc(Cl)ccc2OC(F)F)N1. The van der Waals surface area contributed by atoms with Gasteiger partial charge in [0, 0.05) is 36.1 Å². The van der Waals surface area contributed by atoms with E-state index in [0.717, 1.165) is 6.42 Å². The van der Waals surface area contributed by atoms with Crippen molar-refractivity contribution >= 4 is 17.5 Å². The van der Waals surface area contributed by atoms with Crippen LogP contribution in [0.3, 0.4) is 0 Å². The molecule has 1 aromatic carbocycles. The van der Waals surface area contributed by atoms with Crippen LogP contribution in [-0.4, -0.2) is 25.1 Å². The third-order valence-corrected chi connectivity index (χ3v) is 3.26. The van der Waals surface area contributed by atoms with Crippen molar-refractivity contribution in [1.29, 1.82) is 0 Å². The maximum absolute atomic E-state index is 12.3. The summed E-state index contributed by atoms with van der Waals surface area (Å²) in [5, 5.41) is 6.38. The van der Waals surface area contributed by atoms with Gasteiger partial charge in [-0.25, -0.2) is 0 Å². The number of hydrogen-bond donors (Lipinski definition) is 2. The largest absolute Gasteiger partial charge is 0.434 e. The molecule has 1 aromatic rings. The van der Waals surface area contributed by atoms with Crippen LogP contribution in [0.1, 0.15) is 18.4 Å². The smallest absolute Gasteiger partial charge is 0.387 e. The lowest BCUT2D eigenvalue weighted by Gasteiger charge is -2.14. The highest BCUT2D eigenvalue weighted by atomic mass is 35.5. The summed E-state index contributed by atoms with van der Waals surface area (Å²) in [7, 11) is 0. The molecule has 1 saturated heterocycles. The quantitative estimate of drug-likeness (QED) is 0.848. The van der Waals surface area contributed by atoms with Gasteiger partial charge in [-0.15, -0.1) is 0 Å². The van der Waals surface area contributed by atoms with Gasteiger partial charge in [-0.1, -0.05) is 11.6 Å². The highest BCUT2D eigenvalue weighted by Gasteiger charge is 2.20. The molecule has 2 N–H and O–H groups in total. The number of carbonyl (C=O) groups is 1. The van der Waals surface area contributed by atoms with Crippen LogP contribution in [0.25, 0.3) is 0 Å². The monoisotopic (exact) mass is 304 g/mol. The topological polar surface area (TPSA) is 50.4 Å². The average molecular weight is 305 g/mol. The summed E-state index contributed by atoms with van der Waals surface area (Å²) in [5.74, 6) is 0.147. The fourth-order valence-electron chi connectivity index (χ4n) is 2.11. The van der Waals surface area contributed by atoms with Gasteiger partial charge in [0.1, 0.15) is 5.75 Å². The van der Waals surface area contributed by atoms with Crippen molar-refractivity contribution in [3.8, 4) is 5.75 Å². The first kappa shape index (κ1) is 15.0. The van der Waals surface area contributed by atoms with Gasteiger partial charge in [0.2, 0.25) is 5.91 Å². The zero-order chi connectivity index (χ0) is 14.5. The number of halogens is 3. The van der Waals surface area contributed by atoms with Crippen molar-refractivity contribution in [2.45, 2.75) is 32.0 Å². The Morgan fingerprint density at radius 2 is 2.30 bits per heavy atom. The van der Waals surface area contributed by atoms with E-state index in [9.17, 15) is 13.6 Å². The summed E-state index contributed by atoms with van der Waals surface area (Å²) < 4.78 is 29.0. The van der Waals surface area contributed by atoms with Crippen LogP contribution in [0.2, 0.25) is 5.02 Å². The molecule has 110 valence electrons. The molecular formula is C13H15ClF2N2O2. The van der Waals surface area contributed by atoms with Crippen molar-refractivity contribution in [2.24, 2.45) is 0 Å². The Balaban J connectivity index is 1.90. The zero-order valence-electron chi connectivity index (χ0n) is 10.7. The van der Waals surface area contributed by atoms with Crippen LogP contribution in [0.4, 0.5) is 8.78 Å². The van der Waals surface area contributed by atoms with Crippen molar-refractivity contribution < 1.29 is 18.3 Å². The van der Waals surface area contributed by atoms with Gasteiger partial charge in [0.15, 0.2) is 0 Å². The van der Waals surface area contributed by atoms with Gasteiger partial charge in [0.25, 0.3) is 0 Å². The second-order valence-electron chi connectivity index (χ2n) is 4.56. The molecule has 0 saturated carbocycles. The fraction of sp³-hybridized carbons (Fsp3) is 0.462. The highest BCUT2D eigenvalue weighted by Crippen LogP contribution is 2.24. The molecule has 0 aliphatic carbocycles. The van der Waals surface area contributed by atoms with E-state index in [2.05, 4.69) is 15.4 Å². The summed E-state index contributed by atoms with van der Waals surface area (Å²) in [5.41, 5.74) is 0.558. The molecule has 1 aliphatic rings. The minimum Gasteiger partial charge on any atom is -0.434 e. The molecule has 1 unspecified atom stereocenters. The number of amides is 1. The molecule has 2 rings (SSSR count). The minimum absolute atomic E-state index is 0.0429. The summed E-state index contributed by atoms with van der Waals surface area (Å²) >= 11 is 5.85. The maximum Gasteiger partial charge on any atom is 0.387 e. The van der Waals surface area contributed by atoms with E-state index in [-0.39, 0.29) is 17.7 Å². The van der Waals surface area contributed by atoms with E-state index in [1.807, 2.05) is 0 Å². The lowest BCUT2D eigenvalue weighted by molar-refractivity contribution is -0.119. The van der Waals surface area contributed by atoms with Crippen LogP contribution in [-0.2, 0) is 11.3 Å². The highest BCUT2D eigenvalue weighted by molar-refractivity contribution is 6.30. The minimum atomic E-state index is -2.87. The first-order valence-electron chi connectivity index (χ1n) is 6.28. The van der Waals surface area contributed by atoms with Crippen molar-refractivity contribution in [3.63, 3.8) is 0 Å². The lowest BCUT2D eigenvalue weighted by atomic mass is 10.2. The standard InChI is InChI=1S/C13H15ClF2N2O2/c14-9-1-3-11(20-13(15)16)8(5-9)6-17-7-10-2-4-12(19)18-10/h1,3,5,10,13,17H,2,4,6-7H2,(H,18,19). The number of alkyl halides is 2. The predicted octanol–water partition coefficient (Wildman–Crippen LogP) is 2.31. The number of ether oxygens (including phenoxy) is 1. The molecule has 0 bridgehead atoms. The molecule has 1 fully saturated rings. The van der Waals surface area contributed by atoms with Crippen molar-refractivity contribution in [3.05, 3.63) is 28.8 Å². The average Bonchev–Trinajstić information content (AvgIpc) is 2.78. The molecule has 1 heterocycles. The molecule has 1 amide bonds. The Morgan fingerprint density at radius 3 is 2.95 bits per heavy atom. The normalized spacial score (nSPS) is 18.4. The zero-order valence-corrected chi connectivity index (χ0v) is 11.4. The van der Waals surface area contributed by atoms with E-state index in [1.54, 1.807) is 6.07 Å². The Labute approximate surface area is 120 Å².